The Morgan fingerprint density at radius 3 is 2.55 bits per heavy atom. The lowest BCUT2D eigenvalue weighted by Crippen LogP contribution is -2.33. The molecular formula is C22H25FN4OS. The predicted molar refractivity (Wildman–Crippen MR) is 114 cm³/mol. The number of thioether (sulfide) groups is 1. The number of hydrogen-bond acceptors (Lipinski definition) is 4. The van der Waals surface area contributed by atoms with E-state index in [0.29, 0.717) is 11.7 Å². The molecule has 2 aromatic carbocycles. The monoisotopic (exact) mass is 412 g/mol. The van der Waals surface area contributed by atoms with Crippen molar-refractivity contribution < 1.29 is 9.18 Å². The number of aromatic nitrogens is 3. The van der Waals surface area contributed by atoms with Gasteiger partial charge in [-0.25, -0.2) is 4.39 Å². The van der Waals surface area contributed by atoms with Gasteiger partial charge >= 0.3 is 0 Å². The molecule has 0 aliphatic carbocycles. The van der Waals surface area contributed by atoms with Gasteiger partial charge in [-0.15, -0.1) is 10.2 Å². The molecule has 2 atom stereocenters. The molecule has 0 saturated carbocycles. The largest absolute Gasteiger partial charge is 0.349 e. The molecule has 0 fully saturated rings. The van der Waals surface area contributed by atoms with Crippen molar-refractivity contribution in [3.63, 3.8) is 0 Å². The summed E-state index contributed by atoms with van der Waals surface area (Å²) >= 11 is 1.38. The Balaban J connectivity index is 1.70. The van der Waals surface area contributed by atoms with Crippen molar-refractivity contribution in [2.24, 2.45) is 0 Å². The van der Waals surface area contributed by atoms with Crippen LogP contribution in [0.25, 0.3) is 11.4 Å². The molecule has 3 rings (SSSR count). The van der Waals surface area contributed by atoms with Gasteiger partial charge in [-0.1, -0.05) is 47.7 Å². The lowest BCUT2D eigenvalue weighted by Gasteiger charge is -2.18. The van der Waals surface area contributed by atoms with Gasteiger partial charge in [0.2, 0.25) is 5.91 Å². The van der Waals surface area contributed by atoms with E-state index in [1.807, 2.05) is 50.5 Å². The first-order chi connectivity index (χ1) is 13.9. The third-order valence-corrected chi connectivity index (χ3v) is 5.77. The van der Waals surface area contributed by atoms with Crippen molar-refractivity contribution >= 4 is 17.7 Å². The molecule has 1 heterocycles. The van der Waals surface area contributed by atoms with Gasteiger partial charge in [-0.05, 0) is 51.5 Å². The quantitative estimate of drug-likeness (QED) is 0.568. The number of hydrogen-bond donors (Lipinski definition) is 1. The second kappa shape index (κ2) is 9.22. The fourth-order valence-corrected chi connectivity index (χ4v) is 3.96. The summed E-state index contributed by atoms with van der Waals surface area (Å²) in [6, 6.07) is 14.1. The van der Waals surface area contributed by atoms with Gasteiger partial charge in [0.05, 0.1) is 11.3 Å². The Morgan fingerprint density at radius 2 is 1.90 bits per heavy atom. The van der Waals surface area contributed by atoms with Crippen LogP contribution in [0.2, 0.25) is 0 Å². The zero-order chi connectivity index (χ0) is 21.0. The van der Waals surface area contributed by atoms with Gasteiger partial charge in [0.15, 0.2) is 11.0 Å². The van der Waals surface area contributed by atoms with E-state index in [1.165, 1.54) is 23.9 Å². The molecule has 0 bridgehead atoms. The normalized spacial score (nSPS) is 13.1. The van der Waals surface area contributed by atoms with Crippen molar-refractivity contribution in [3.05, 3.63) is 65.5 Å². The average molecular weight is 413 g/mol. The molecule has 2 unspecified atom stereocenters. The Morgan fingerprint density at radius 1 is 1.17 bits per heavy atom. The maximum absolute atomic E-state index is 13.1. The highest BCUT2D eigenvalue weighted by Crippen LogP contribution is 2.27. The number of carbonyl (C=O) groups excluding carboxylic acids is 1. The zero-order valence-corrected chi connectivity index (χ0v) is 17.8. The van der Waals surface area contributed by atoms with Crippen LogP contribution in [0.4, 0.5) is 4.39 Å². The lowest BCUT2D eigenvalue weighted by molar-refractivity contribution is -0.120. The Bertz CT molecular complexity index is 987. The van der Waals surface area contributed by atoms with E-state index < -0.39 is 0 Å². The number of aryl methyl sites for hydroxylation is 1. The molecule has 0 aliphatic rings. The van der Waals surface area contributed by atoms with E-state index >= 15 is 0 Å². The Kier molecular flexibility index (Phi) is 6.69. The van der Waals surface area contributed by atoms with E-state index in [9.17, 15) is 9.18 Å². The van der Waals surface area contributed by atoms with Crippen LogP contribution in [0.5, 0.6) is 0 Å². The molecule has 152 valence electrons. The van der Waals surface area contributed by atoms with Crippen LogP contribution in [-0.4, -0.2) is 25.9 Å². The fraction of sp³-hybridized carbons (Fsp3) is 0.318. The van der Waals surface area contributed by atoms with Crippen LogP contribution >= 0.6 is 11.8 Å². The van der Waals surface area contributed by atoms with Crippen LogP contribution in [0.3, 0.4) is 0 Å². The van der Waals surface area contributed by atoms with Crippen molar-refractivity contribution in [2.45, 2.75) is 50.7 Å². The maximum Gasteiger partial charge on any atom is 0.233 e. The summed E-state index contributed by atoms with van der Waals surface area (Å²) in [7, 11) is 0. The minimum absolute atomic E-state index is 0.102. The average Bonchev–Trinajstić information content (AvgIpc) is 3.10. The third kappa shape index (κ3) is 5.03. The van der Waals surface area contributed by atoms with E-state index in [0.717, 1.165) is 22.5 Å². The SMILES string of the molecule is CCn1c(SC(C)C(=O)NC(C)c2ccc(F)cc2)nnc1-c1cccc(C)c1. The van der Waals surface area contributed by atoms with E-state index in [2.05, 4.69) is 21.6 Å². The molecule has 0 aliphatic heterocycles. The van der Waals surface area contributed by atoms with Gasteiger partial charge in [0.1, 0.15) is 5.82 Å². The molecule has 0 spiro atoms. The van der Waals surface area contributed by atoms with Crippen molar-refractivity contribution in [2.75, 3.05) is 0 Å². The molecule has 1 aromatic heterocycles. The van der Waals surface area contributed by atoms with Crippen molar-refractivity contribution in [3.8, 4) is 11.4 Å². The van der Waals surface area contributed by atoms with Crippen LogP contribution in [0.15, 0.2) is 53.7 Å². The number of amides is 1. The highest BCUT2D eigenvalue weighted by Gasteiger charge is 2.21. The summed E-state index contributed by atoms with van der Waals surface area (Å²) in [5.74, 6) is 0.403. The standard InChI is InChI=1S/C22H25FN4OS/c1-5-27-20(18-8-6-7-14(2)13-18)25-26-22(27)29-16(4)21(28)24-15(3)17-9-11-19(23)12-10-17/h6-13,15-16H,5H2,1-4H3,(H,24,28). The molecular weight excluding hydrogens is 387 g/mol. The zero-order valence-electron chi connectivity index (χ0n) is 17.0. The first-order valence-electron chi connectivity index (χ1n) is 9.61. The first-order valence-corrected chi connectivity index (χ1v) is 10.5. The Labute approximate surface area is 174 Å². The summed E-state index contributed by atoms with van der Waals surface area (Å²) in [4.78, 5) is 12.7. The molecule has 7 heteroatoms. The van der Waals surface area contributed by atoms with Crippen molar-refractivity contribution in [1.82, 2.24) is 20.1 Å². The first kappa shape index (κ1) is 21.0. The van der Waals surface area contributed by atoms with Gasteiger partial charge in [-0.2, -0.15) is 0 Å². The highest BCUT2D eigenvalue weighted by atomic mass is 32.2. The minimum Gasteiger partial charge on any atom is -0.349 e. The summed E-state index contributed by atoms with van der Waals surface area (Å²) < 4.78 is 15.1. The van der Waals surface area contributed by atoms with Gasteiger partial charge < -0.3 is 9.88 Å². The number of halogens is 1. The smallest absolute Gasteiger partial charge is 0.233 e. The van der Waals surface area contributed by atoms with Gasteiger partial charge in [0.25, 0.3) is 0 Å². The van der Waals surface area contributed by atoms with Crippen LogP contribution in [-0.2, 0) is 11.3 Å². The number of benzene rings is 2. The van der Waals surface area contributed by atoms with Crippen LogP contribution in [0.1, 0.15) is 37.9 Å². The van der Waals surface area contributed by atoms with E-state index in [-0.39, 0.29) is 23.0 Å². The molecule has 3 aromatic rings. The van der Waals surface area contributed by atoms with E-state index in [4.69, 9.17) is 0 Å². The number of nitrogens with one attached hydrogen (secondary N) is 1. The predicted octanol–water partition coefficient (Wildman–Crippen LogP) is 4.77. The maximum atomic E-state index is 13.1. The van der Waals surface area contributed by atoms with Gasteiger partial charge in [0, 0.05) is 12.1 Å². The second-order valence-electron chi connectivity index (χ2n) is 6.96. The number of carbonyl (C=O) groups is 1. The Hall–Kier alpha value is -2.67. The van der Waals surface area contributed by atoms with E-state index in [1.54, 1.807) is 12.1 Å². The molecule has 0 saturated heterocycles. The summed E-state index contributed by atoms with van der Waals surface area (Å²) in [6.45, 7) is 8.51. The molecule has 0 radical (unpaired) electrons. The minimum atomic E-state index is -0.349. The summed E-state index contributed by atoms with van der Waals surface area (Å²) in [5, 5.41) is 12.0. The van der Waals surface area contributed by atoms with Crippen LogP contribution in [0, 0.1) is 12.7 Å². The van der Waals surface area contributed by atoms with Gasteiger partial charge in [-0.3, -0.25) is 4.79 Å². The number of nitrogens with zero attached hydrogens (tertiary/aromatic N) is 3. The second-order valence-corrected chi connectivity index (χ2v) is 8.27. The summed E-state index contributed by atoms with van der Waals surface area (Å²) in [5.41, 5.74) is 3.02. The highest BCUT2D eigenvalue weighted by molar-refractivity contribution is 8.00. The summed E-state index contributed by atoms with van der Waals surface area (Å²) in [6.07, 6.45) is 0. The fourth-order valence-electron chi connectivity index (χ4n) is 3.04. The molecule has 1 N–H and O–H groups in total. The molecule has 29 heavy (non-hydrogen) atoms. The molecule has 5 nitrogen and oxygen atoms in total. The van der Waals surface area contributed by atoms with Crippen molar-refractivity contribution in [1.29, 1.82) is 0 Å². The lowest BCUT2D eigenvalue weighted by atomic mass is 10.1. The number of rotatable bonds is 7. The molecule has 1 amide bonds. The topological polar surface area (TPSA) is 59.8 Å². The van der Waals surface area contributed by atoms with Crippen LogP contribution < -0.4 is 5.32 Å². The third-order valence-electron chi connectivity index (χ3n) is 4.69.